The Labute approximate surface area is 156 Å². The summed E-state index contributed by atoms with van der Waals surface area (Å²) in [6.07, 6.45) is 4.37. The standard InChI is InChI=1S/C18H16Br3N/c1-13(14-7-3-2-4-8-14)22-12-11-15-9-5-6-10-16(15)17(22)18(19,20)21/h2-13,17H,1H3/t13-,17+/m1/s1. The lowest BCUT2D eigenvalue weighted by Gasteiger charge is -2.43. The molecule has 2 aromatic rings. The van der Waals surface area contributed by atoms with Gasteiger partial charge in [-0.05, 0) is 29.7 Å². The van der Waals surface area contributed by atoms with Gasteiger partial charge in [0.1, 0.15) is 0 Å². The number of halogens is 3. The highest BCUT2D eigenvalue weighted by atomic mass is 80.0. The first-order valence-corrected chi connectivity index (χ1v) is 9.52. The van der Waals surface area contributed by atoms with Gasteiger partial charge in [0.15, 0.2) is 2.14 Å². The number of hydrogen-bond donors (Lipinski definition) is 0. The van der Waals surface area contributed by atoms with Gasteiger partial charge in [-0.1, -0.05) is 102 Å². The highest BCUT2D eigenvalue weighted by Gasteiger charge is 2.40. The molecule has 4 heteroatoms. The summed E-state index contributed by atoms with van der Waals surface area (Å²) >= 11 is 11.2. The number of hydrogen-bond acceptors (Lipinski definition) is 1. The largest absolute Gasteiger partial charge is 0.361 e. The number of fused-ring (bicyclic) bond motifs is 1. The van der Waals surface area contributed by atoms with Gasteiger partial charge in [0, 0.05) is 6.20 Å². The molecular weight excluding hydrogens is 470 g/mol. The first kappa shape index (κ1) is 16.3. The van der Waals surface area contributed by atoms with Crippen molar-refractivity contribution in [2.75, 3.05) is 0 Å². The van der Waals surface area contributed by atoms with E-state index in [1.807, 2.05) is 0 Å². The van der Waals surface area contributed by atoms with E-state index in [4.69, 9.17) is 0 Å². The SMILES string of the molecule is C[C@H](c1ccccc1)N1C=Cc2ccccc2[C@H]1C(Br)(Br)Br. The number of alkyl halides is 3. The quantitative estimate of drug-likeness (QED) is 0.432. The molecule has 1 nitrogen and oxygen atoms in total. The van der Waals surface area contributed by atoms with Crippen LogP contribution in [0.4, 0.5) is 0 Å². The Hall–Kier alpha value is -0.580. The second-order valence-electron chi connectivity index (χ2n) is 5.42. The van der Waals surface area contributed by atoms with Crippen LogP contribution in [0.2, 0.25) is 0 Å². The average molecular weight is 486 g/mol. The third kappa shape index (κ3) is 3.19. The van der Waals surface area contributed by atoms with Crippen molar-refractivity contribution in [2.24, 2.45) is 0 Å². The summed E-state index contributed by atoms with van der Waals surface area (Å²) < 4.78 is -0.392. The summed E-state index contributed by atoms with van der Waals surface area (Å²) in [7, 11) is 0. The van der Waals surface area contributed by atoms with Crippen molar-refractivity contribution < 1.29 is 0 Å². The molecule has 1 heterocycles. The summed E-state index contributed by atoms with van der Waals surface area (Å²) in [5.74, 6) is 0. The van der Waals surface area contributed by atoms with Crippen LogP contribution in [0.15, 0.2) is 60.8 Å². The van der Waals surface area contributed by atoms with Crippen LogP contribution < -0.4 is 0 Å². The molecule has 0 saturated carbocycles. The summed E-state index contributed by atoms with van der Waals surface area (Å²) in [6, 6.07) is 19.5. The number of benzene rings is 2. The summed E-state index contributed by atoms with van der Waals surface area (Å²) in [5, 5.41) is 0. The average Bonchev–Trinajstić information content (AvgIpc) is 2.53. The van der Waals surface area contributed by atoms with Gasteiger partial charge in [-0.2, -0.15) is 0 Å². The predicted octanol–water partition coefficient (Wildman–Crippen LogP) is 6.61. The van der Waals surface area contributed by atoms with E-state index < -0.39 is 2.14 Å². The van der Waals surface area contributed by atoms with Gasteiger partial charge < -0.3 is 4.90 Å². The molecule has 0 unspecified atom stereocenters. The Morgan fingerprint density at radius 2 is 1.59 bits per heavy atom. The lowest BCUT2D eigenvalue weighted by Crippen LogP contribution is -2.36. The van der Waals surface area contributed by atoms with Crippen molar-refractivity contribution in [1.82, 2.24) is 4.90 Å². The van der Waals surface area contributed by atoms with Gasteiger partial charge in [0.2, 0.25) is 0 Å². The molecule has 0 saturated heterocycles. The third-order valence-electron chi connectivity index (χ3n) is 4.05. The van der Waals surface area contributed by atoms with Gasteiger partial charge in [-0.15, -0.1) is 0 Å². The molecule has 0 aliphatic carbocycles. The highest BCUT2D eigenvalue weighted by Crippen LogP contribution is 2.52. The molecule has 114 valence electrons. The summed E-state index contributed by atoms with van der Waals surface area (Å²) in [4.78, 5) is 2.37. The van der Waals surface area contributed by atoms with E-state index in [0.29, 0.717) is 0 Å². The first-order chi connectivity index (χ1) is 10.5. The maximum Gasteiger partial charge on any atom is 0.159 e. The van der Waals surface area contributed by atoms with Crippen LogP contribution in [-0.2, 0) is 0 Å². The maximum atomic E-state index is 3.75. The van der Waals surface area contributed by atoms with E-state index in [0.717, 1.165) is 0 Å². The molecular formula is C18H16Br3N. The lowest BCUT2D eigenvalue weighted by atomic mass is 9.94. The molecule has 1 aliphatic heterocycles. The molecule has 0 aromatic heterocycles. The third-order valence-corrected chi connectivity index (χ3v) is 5.36. The molecule has 3 rings (SSSR count). The van der Waals surface area contributed by atoms with Crippen LogP contribution in [-0.4, -0.2) is 7.04 Å². The van der Waals surface area contributed by atoms with Gasteiger partial charge in [0.05, 0.1) is 12.1 Å². The first-order valence-electron chi connectivity index (χ1n) is 7.14. The van der Waals surface area contributed by atoms with E-state index in [-0.39, 0.29) is 12.1 Å². The number of nitrogens with zero attached hydrogens (tertiary/aromatic N) is 1. The van der Waals surface area contributed by atoms with Gasteiger partial charge in [0.25, 0.3) is 0 Å². The summed E-state index contributed by atoms with van der Waals surface area (Å²) in [5.41, 5.74) is 3.85. The summed E-state index contributed by atoms with van der Waals surface area (Å²) in [6.45, 7) is 2.24. The smallest absolute Gasteiger partial charge is 0.159 e. The molecule has 1 aliphatic rings. The van der Waals surface area contributed by atoms with Crippen LogP contribution in [0.5, 0.6) is 0 Å². The predicted molar refractivity (Wildman–Crippen MR) is 104 cm³/mol. The van der Waals surface area contributed by atoms with Crippen LogP contribution in [0.3, 0.4) is 0 Å². The van der Waals surface area contributed by atoms with Crippen molar-refractivity contribution in [3.8, 4) is 0 Å². The minimum absolute atomic E-state index is 0.129. The fourth-order valence-electron chi connectivity index (χ4n) is 2.93. The van der Waals surface area contributed by atoms with E-state index in [1.165, 1.54) is 16.7 Å². The maximum absolute atomic E-state index is 3.75. The molecule has 0 spiro atoms. The van der Waals surface area contributed by atoms with Crippen LogP contribution in [0.25, 0.3) is 6.08 Å². The molecule has 0 radical (unpaired) electrons. The Bertz CT molecular complexity index is 676. The minimum Gasteiger partial charge on any atom is -0.361 e. The lowest BCUT2D eigenvalue weighted by molar-refractivity contribution is 0.226. The van der Waals surface area contributed by atoms with Gasteiger partial charge in [-0.25, -0.2) is 0 Å². The zero-order valence-corrected chi connectivity index (χ0v) is 16.8. The molecule has 0 amide bonds. The fraction of sp³-hybridized carbons (Fsp3) is 0.222. The van der Waals surface area contributed by atoms with Gasteiger partial charge >= 0.3 is 0 Å². The molecule has 2 aromatic carbocycles. The second-order valence-corrected chi connectivity index (χ2v) is 12.4. The normalized spacial score (nSPS) is 18.9. The Morgan fingerprint density at radius 1 is 0.955 bits per heavy atom. The molecule has 2 atom stereocenters. The molecule has 22 heavy (non-hydrogen) atoms. The second kappa shape index (κ2) is 6.50. The topological polar surface area (TPSA) is 3.24 Å². The van der Waals surface area contributed by atoms with E-state index in [9.17, 15) is 0 Å². The van der Waals surface area contributed by atoms with Gasteiger partial charge in [-0.3, -0.25) is 0 Å². The highest BCUT2D eigenvalue weighted by molar-refractivity contribution is 9.39. The van der Waals surface area contributed by atoms with Crippen molar-refractivity contribution in [3.63, 3.8) is 0 Å². The van der Waals surface area contributed by atoms with E-state index in [2.05, 4.69) is 126 Å². The Morgan fingerprint density at radius 3 is 2.27 bits per heavy atom. The molecule has 0 fully saturated rings. The van der Waals surface area contributed by atoms with Crippen LogP contribution in [0.1, 0.15) is 35.7 Å². The van der Waals surface area contributed by atoms with Crippen molar-refractivity contribution in [1.29, 1.82) is 0 Å². The van der Waals surface area contributed by atoms with Crippen LogP contribution in [0, 0.1) is 0 Å². The Balaban J connectivity index is 2.05. The molecule has 0 bridgehead atoms. The Kier molecular flexibility index (Phi) is 4.81. The number of rotatable bonds is 2. The minimum atomic E-state index is -0.392. The monoisotopic (exact) mass is 483 g/mol. The van der Waals surface area contributed by atoms with Crippen LogP contribution >= 0.6 is 47.8 Å². The van der Waals surface area contributed by atoms with Crippen molar-refractivity contribution in [3.05, 3.63) is 77.5 Å². The van der Waals surface area contributed by atoms with Crippen molar-refractivity contribution >= 4 is 53.9 Å². The van der Waals surface area contributed by atoms with E-state index >= 15 is 0 Å². The zero-order chi connectivity index (χ0) is 15.7. The van der Waals surface area contributed by atoms with Crippen molar-refractivity contribution in [2.45, 2.75) is 21.2 Å². The fourth-order valence-corrected chi connectivity index (χ4v) is 4.38. The van der Waals surface area contributed by atoms with E-state index in [1.54, 1.807) is 0 Å². The molecule has 0 N–H and O–H groups in total. The zero-order valence-electron chi connectivity index (χ0n) is 12.1.